The first-order valence-corrected chi connectivity index (χ1v) is 8.92. The van der Waals surface area contributed by atoms with Crippen molar-refractivity contribution in [3.05, 3.63) is 58.7 Å². The number of aromatic nitrogens is 1. The second-order valence-corrected chi connectivity index (χ2v) is 6.84. The third-order valence-corrected chi connectivity index (χ3v) is 4.87. The van der Waals surface area contributed by atoms with Gasteiger partial charge in [-0.25, -0.2) is 9.98 Å². The average molecular weight is 354 g/mol. The molecule has 1 fully saturated rings. The highest BCUT2D eigenvalue weighted by molar-refractivity contribution is 6.31. The summed E-state index contributed by atoms with van der Waals surface area (Å²) in [5, 5.41) is 0.690. The number of aliphatic imine (C=N–C) groups is 2. The van der Waals surface area contributed by atoms with Crippen LogP contribution in [0.3, 0.4) is 0 Å². The molecule has 0 unspecified atom stereocenters. The van der Waals surface area contributed by atoms with Crippen molar-refractivity contribution in [1.82, 2.24) is 4.98 Å². The zero-order valence-electron chi connectivity index (χ0n) is 13.9. The molecule has 2 N–H and O–H groups in total. The van der Waals surface area contributed by atoms with Crippen molar-refractivity contribution in [1.29, 1.82) is 0 Å². The Morgan fingerprint density at radius 2 is 1.96 bits per heavy atom. The smallest absolute Gasteiger partial charge is 0.155 e. The minimum atomic E-state index is 0.296. The first-order chi connectivity index (χ1) is 12.2. The molecule has 0 atom stereocenters. The summed E-state index contributed by atoms with van der Waals surface area (Å²) in [5.74, 6) is 1.71. The van der Waals surface area contributed by atoms with Crippen LogP contribution in [0.2, 0.25) is 5.02 Å². The zero-order chi connectivity index (χ0) is 17.2. The molecule has 1 aromatic carbocycles. The Morgan fingerprint density at radius 1 is 1.12 bits per heavy atom. The van der Waals surface area contributed by atoms with Gasteiger partial charge in [-0.05, 0) is 37.1 Å². The van der Waals surface area contributed by atoms with Gasteiger partial charge in [-0.15, -0.1) is 0 Å². The van der Waals surface area contributed by atoms with Gasteiger partial charge in [-0.3, -0.25) is 4.99 Å². The Labute approximate surface area is 152 Å². The van der Waals surface area contributed by atoms with Gasteiger partial charge in [0.2, 0.25) is 0 Å². The van der Waals surface area contributed by atoms with Gasteiger partial charge in [0.15, 0.2) is 5.84 Å². The molecule has 25 heavy (non-hydrogen) atoms. The highest BCUT2D eigenvalue weighted by Gasteiger charge is 2.23. The van der Waals surface area contributed by atoms with E-state index < -0.39 is 0 Å². The van der Waals surface area contributed by atoms with E-state index in [-0.39, 0.29) is 0 Å². The maximum absolute atomic E-state index is 6.08. The molecular formula is C19H20ClN5. The van der Waals surface area contributed by atoms with Crippen LogP contribution in [0.5, 0.6) is 0 Å². The number of hydrogen-bond acceptors (Lipinski definition) is 5. The number of rotatable bonds is 3. The molecule has 2 aliphatic heterocycles. The molecule has 2 aromatic rings. The van der Waals surface area contributed by atoms with Crippen LogP contribution in [-0.2, 0) is 0 Å². The van der Waals surface area contributed by atoms with Crippen molar-refractivity contribution in [3.8, 4) is 0 Å². The molecule has 5 nitrogen and oxygen atoms in total. The van der Waals surface area contributed by atoms with Crippen molar-refractivity contribution in [2.45, 2.75) is 18.9 Å². The van der Waals surface area contributed by atoms with Crippen LogP contribution < -0.4 is 10.6 Å². The minimum Gasteiger partial charge on any atom is -0.356 e. The minimum absolute atomic E-state index is 0.296. The molecule has 3 heterocycles. The molecule has 1 saturated heterocycles. The van der Waals surface area contributed by atoms with Gasteiger partial charge >= 0.3 is 0 Å². The van der Waals surface area contributed by atoms with E-state index in [0.29, 0.717) is 17.6 Å². The van der Waals surface area contributed by atoms with Crippen LogP contribution in [0.4, 0.5) is 5.82 Å². The summed E-state index contributed by atoms with van der Waals surface area (Å²) in [6.07, 6.45) is 3.82. The van der Waals surface area contributed by atoms with Crippen molar-refractivity contribution in [3.63, 3.8) is 0 Å². The maximum atomic E-state index is 6.08. The molecule has 6 heteroatoms. The van der Waals surface area contributed by atoms with Gasteiger partial charge in [0.05, 0.1) is 12.3 Å². The number of pyridine rings is 1. The monoisotopic (exact) mass is 353 g/mol. The number of benzene rings is 1. The molecule has 0 spiro atoms. The molecule has 0 bridgehead atoms. The largest absolute Gasteiger partial charge is 0.356 e. The lowest BCUT2D eigenvalue weighted by Gasteiger charge is -2.32. The number of amidine groups is 1. The van der Waals surface area contributed by atoms with Gasteiger partial charge in [-0.2, -0.15) is 0 Å². The van der Waals surface area contributed by atoms with Gasteiger partial charge in [0.25, 0.3) is 0 Å². The third kappa shape index (κ3) is 3.43. The van der Waals surface area contributed by atoms with Crippen molar-refractivity contribution >= 4 is 29.0 Å². The highest BCUT2D eigenvalue weighted by Crippen LogP contribution is 2.24. The van der Waals surface area contributed by atoms with E-state index in [1.165, 1.54) is 0 Å². The Kier molecular flexibility index (Phi) is 4.51. The quantitative estimate of drug-likeness (QED) is 0.922. The van der Waals surface area contributed by atoms with Gasteiger partial charge < -0.3 is 10.6 Å². The molecule has 0 amide bonds. The Balaban J connectivity index is 1.62. The van der Waals surface area contributed by atoms with E-state index in [0.717, 1.165) is 54.4 Å². The maximum Gasteiger partial charge on any atom is 0.155 e. The summed E-state index contributed by atoms with van der Waals surface area (Å²) in [7, 11) is 0. The predicted molar refractivity (Wildman–Crippen MR) is 103 cm³/mol. The van der Waals surface area contributed by atoms with Crippen LogP contribution in [-0.4, -0.2) is 42.2 Å². The predicted octanol–water partition coefficient (Wildman–Crippen LogP) is 2.91. The van der Waals surface area contributed by atoms with E-state index in [2.05, 4.69) is 20.9 Å². The average Bonchev–Trinajstić information content (AvgIpc) is 3.12. The lowest BCUT2D eigenvalue weighted by atomic mass is 10.0. The number of halogens is 1. The van der Waals surface area contributed by atoms with E-state index in [9.17, 15) is 0 Å². The molecule has 0 radical (unpaired) electrons. The van der Waals surface area contributed by atoms with Crippen molar-refractivity contribution in [2.24, 2.45) is 15.7 Å². The van der Waals surface area contributed by atoms with Crippen molar-refractivity contribution in [2.75, 3.05) is 24.5 Å². The van der Waals surface area contributed by atoms with Crippen LogP contribution in [0.25, 0.3) is 0 Å². The Bertz CT molecular complexity index is 837. The second kappa shape index (κ2) is 6.94. The van der Waals surface area contributed by atoms with Crippen LogP contribution >= 0.6 is 11.6 Å². The molecular weight excluding hydrogens is 334 g/mol. The normalized spacial score (nSPS) is 18.2. The lowest BCUT2D eigenvalue weighted by molar-refractivity contribution is 0.498. The summed E-state index contributed by atoms with van der Waals surface area (Å²) in [4.78, 5) is 16.3. The van der Waals surface area contributed by atoms with Crippen LogP contribution in [0.15, 0.2) is 52.6 Å². The second-order valence-electron chi connectivity index (χ2n) is 6.41. The van der Waals surface area contributed by atoms with E-state index in [1.807, 2.05) is 36.5 Å². The summed E-state index contributed by atoms with van der Waals surface area (Å²) in [5.41, 5.74) is 8.98. The topological polar surface area (TPSA) is 66.9 Å². The van der Waals surface area contributed by atoms with Crippen molar-refractivity contribution < 1.29 is 0 Å². The summed E-state index contributed by atoms with van der Waals surface area (Å²) >= 11 is 6.08. The van der Waals surface area contributed by atoms with Crippen LogP contribution in [0, 0.1) is 0 Å². The standard InChI is InChI=1S/C19H20ClN5/c20-14-4-1-3-13(11-14)18-23-12-17(24-18)16-5-2-8-22-19(16)25-9-6-15(21)7-10-25/h1-5,8,11,15H,6-7,9-10,12,21H2. The van der Waals surface area contributed by atoms with Gasteiger partial charge in [0, 0.05) is 41.5 Å². The number of nitrogens with zero attached hydrogens (tertiary/aromatic N) is 4. The fraction of sp³-hybridized carbons (Fsp3) is 0.316. The van der Waals surface area contributed by atoms with Crippen LogP contribution in [0.1, 0.15) is 24.0 Å². The summed E-state index contributed by atoms with van der Waals surface area (Å²) in [6, 6.07) is 12.0. The molecule has 0 saturated carbocycles. The molecule has 4 rings (SSSR count). The fourth-order valence-corrected chi connectivity index (χ4v) is 3.45. The number of hydrogen-bond donors (Lipinski definition) is 1. The summed E-state index contributed by atoms with van der Waals surface area (Å²) < 4.78 is 0. The Hall–Kier alpha value is -2.24. The SMILES string of the molecule is NC1CCN(c2ncccc2C2=NC(c3cccc(Cl)c3)=NC2)CC1. The van der Waals surface area contributed by atoms with Gasteiger partial charge in [0.1, 0.15) is 5.82 Å². The first kappa shape index (κ1) is 16.2. The number of nitrogens with two attached hydrogens (primary N) is 1. The van der Waals surface area contributed by atoms with Gasteiger partial charge in [-0.1, -0.05) is 23.7 Å². The Morgan fingerprint density at radius 3 is 2.76 bits per heavy atom. The number of piperidine rings is 1. The van der Waals surface area contributed by atoms with E-state index in [4.69, 9.17) is 22.3 Å². The fourth-order valence-electron chi connectivity index (χ4n) is 3.26. The first-order valence-electron chi connectivity index (χ1n) is 8.54. The lowest BCUT2D eigenvalue weighted by Crippen LogP contribution is -2.40. The third-order valence-electron chi connectivity index (χ3n) is 4.64. The molecule has 0 aliphatic carbocycles. The highest BCUT2D eigenvalue weighted by atomic mass is 35.5. The molecule has 1 aromatic heterocycles. The molecule has 2 aliphatic rings. The van der Waals surface area contributed by atoms with E-state index >= 15 is 0 Å². The number of anilines is 1. The molecule has 128 valence electrons. The zero-order valence-corrected chi connectivity index (χ0v) is 14.7. The van der Waals surface area contributed by atoms with E-state index in [1.54, 1.807) is 0 Å². The summed E-state index contributed by atoms with van der Waals surface area (Å²) in [6.45, 7) is 2.43.